The van der Waals surface area contributed by atoms with Crippen molar-refractivity contribution < 1.29 is 27.9 Å². The van der Waals surface area contributed by atoms with E-state index in [1.165, 1.54) is 6.07 Å². The monoisotopic (exact) mass is 395 g/mol. The summed E-state index contributed by atoms with van der Waals surface area (Å²) in [6.45, 7) is 0. The zero-order chi connectivity index (χ0) is 20.9. The fourth-order valence-corrected chi connectivity index (χ4v) is 2.63. The van der Waals surface area contributed by atoms with E-state index in [-0.39, 0.29) is 12.0 Å². The highest BCUT2D eigenvalue weighted by Gasteiger charge is 2.33. The molecule has 2 aromatic carbocycles. The number of aliphatic hydroxyl groups is 1. The number of carbonyl (C=O) groups excluding carboxylic acids is 2. The fraction of sp³-hybridized carbons (Fsp3) is 0.263. The minimum absolute atomic E-state index is 0.153. The molecule has 6 nitrogen and oxygen atoms in total. The van der Waals surface area contributed by atoms with Crippen LogP contribution in [0, 0.1) is 0 Å². The Bertz CT molecular complexity index is 828. The van der Waals surface area contributed by atoms with Crippen molar-refractivity contribution in [1.82, 2.24) is 5.32 Å². The predicted octanol–water partition coefficient (Wildman–Crippen LogP) is 1.28. The standard InChI is InChI=1S/C19H20F3N3O3/c20-19(21,22)13-8-4-7-12(10-13)15(17(24)27)25-18(28)16(26)14(23)9-11-5-2-1-3-6-11/h1-8,10,14-16,26H,9,23H2,(H2,24,27)(H,25,28)/t14-,15?,16+/m1/s1. The van der Waals surface area contributed by atoms with E-state index in [0.29, 0.717) is 6.07 Å². The van der Waals surface area contributed by atoms with Crippen LogP contribution < -0.4 is 16.8 Å². The topological polar surface area (TPSA) is 118 Å². The molecule has 0 saturated heterocycles. The third kappa shape index (κ3) is 5.54. The van der Waals surface area contributed by atoms with Crippen molar-refractivity contribution in [2.75, 3.05) is 0 Å². The number of benzene rings is 2. The van der Waals surface area contributed by atoms with Crippen LogP contribution in [0.5, 0.6) is 0 Å². The summed E-state index contributed by atoms with van der Waals surface area (Å²) < 4.78 is 38.6. The van der Waals surface area contributed by atoms with Gasteiger partial charge in [0.15, 0.2) is 0 Å². The second-order valence-electron chi connectivity index (χ2n) is 6.27. The summed E-state index contributed by atoms with van der Waals surface area (Å²) in [6, 6.07) is 10.2. The van der Waals surface area contributed by atoms with Crippen LogP contribution >= 0.6 is 0 Å². The normalized spacial score (nSPS) is 14.8. The van der Waals surface area contributed by atoms with E-state index in [1.54, 1.807) is 30.3 Å². The average Bonchev–Trinajstić information content (AvgIpc) is 2.65. The number of hydrogen-bond donors (Lipinski definition) is 4. The van der Waals surface area contributed by atoms with Crippen molar-refractivity contribution in [2.24, 2.45) is 11.5 Å². The first-order valence-electron chi connectivity index (χ1n) is 8.34. The lowest BCUT2D eigenvalue weighted by Gasteiger charge is -2.22. The van der Waals surface area contributed by atoms with Gasteiger partial charge in [0.1, 0.15) is 12.1 Å². The van der Waals surface area contributed by atoms with Gasteiger partial charge in [-0.2, -0.15) is 13.2 Å². The van der Waals surface area contributed by atoms with Crippen LogP contribution in [0.4, 0.5) is 13.2 Å². The molecule has 9 heteroatoms. The van der Waals surface area contributed by atoms with Gasteiger partial charge < -0.3 is 21.9 Å². The molecular formula is C19H20F3N3O3. The lowest BCUT2D eigenvalue weighted by Crippen LogP contribution is -2.50. The van der Waals surface area contributed by atoms with Gasteiger partial charge in [-0.3, -0.25) is 9.59 Å². The predicted molar refractivity (Wildman–Crippen MR) is 95.7 cm³/mol. The molecule has 2 amide bonds. The van der Waals surface area contributed by atoms with E-state index in [9.17, 15) is 27.9 Å². The molecule has 3 atom stereocenters. The molecule has 6 N–H and O–H groups in total. The van der Waals surface area contributed by atoms with Crippen LogP contribution in [0.15, 0.2) is 54.6 Å². The SMILES string of the molecule is NC(=O)C(NC(=O)[C@@H](O)[C@H](N)Cc1ccccc1)c1cccc(C(F)(F)F)c1. The van der Waals surface area contributed by atoms with Gasteiger partial charge >= 0.3 is 6.18 Å². The fourth-order valence-electron chi connectivity index (χ4n) is 2.63. The first-order chi connectivity index (χ1) is 13.1. The van der Waals surface area contributed by atoms with E-state index in [0.717, 1.165) is 17.7 Å². The molecule has 1 unspecified atom stereocenters. The molecule has 0 bridgehead atoms. The van der Waals surface area contributed by atoms with E-state index in [1.807, 2.05) is 0 Å². The molecule has 0 aliphatic heterocycles. The third-order valence-electron chi connectivity index (χ3n) is 4.11. The number of nitrogens with two attached hydrogens (primary N) is 2. The quantitative estimate of drug-likeness (QED) is 0.565. The van der Waals surface area contributed by atoms with Gasteiger partial charge in [0.25, 0.3) is 5.91 Å². The maximum Gasteiger partial charge on any atom is 0.416 e. The van der Waals surface area contributed by atoms with E-state index in [4.69, 9.17) is 11.5 Å². The first-order valence-corrected chi connectivity index (χ1v) is 8.34. The van der Waals surface area contributed by atoms with Crippen molar-refractivity contribution in [3.8, 4) is 0 Å². The summed E-state index contributed by atoms with van der Waals surface area (Å²) in [7, 11) is 0. The smallest absolute Gasteiger partial charge is 0.382 e. The molecule has 0 heterocycles. The van der Waals surface area contributed by atoms with Crippen molar-refractivity contribution >= 4 is 11.8 Å². The van der Waals surface area contributed by atoms with Gasteiger partial charge in [-0.1, -0.05) is 42.5 Å². The highest BCUT2D eigenvalue weighted by Crippen LogP contribution is 2.30. The van der Waals surface area contributed by atoms with Crippen molar-refractivity contribution in [1.29, 1.82) is 0 Å². The maximum atomic E-state index is 12.9. The molecule has 0 spiro atoms. The second kappa shape index (κ2) is 8.85. The third-order valence-corrected chi connectivity index (χ3v) is 4.11. The van der Waals surface area contributed by atoms with E-state index in [2.05, 4.69) is 5.32 Å². The van der Waals surface area contributed by atoms with Gasteiger partial charge in [0, 0.05) is 6.04 Å². The Morgan fingerprint density at radius 1 is 1.07 bits per heavy atom. The number of halogens is 3. The van der Waals surface area contributed by atoms with Gasteiger partial charge in [-0.15, -0.1) is 0 Å². The molecule has 2 aromatic rings. The summed E-state index contributed by atoms with van der Waals surface area (Å²) in [5.41, 5.74) is 10.7. The molecular weight excluding hydrogens is 375 g/mol. The number of alkyl halides is 3. The van der Waals surface area contributed by atoms with Crippen LogP contribution in [0.3, 0.4) is 0 Å². The lowest BCUT2D eigenvalue weighted by atomic mass is 10.00. The Kier molecular flexibility index (Phi) is 6.76. The number of amides is 2. The molecule has 150 valence electrons. The lowest BCUT2D eigenvalue weighted by molar-refractivity contribution is -0.137. The summed E-state index contributed by atoms with van der Waals surface area (Å²) in [4.78, 5) is 24.0. The Balaban J connectivity index is 2.13. The number of nitrogens with one attached hydrogen (secondary N) is 1. The van der Waals surface area contributed by atoms with Crippen molar-refractivity contribution in [3.63, 3.8) is 0 Å². The van der Waals surface area contributed by atoms with Crippen LogP contribution in [-0.2, 0) is 22.2 Å². The van der Waals surface area contributed by atoms with Crippen LogP contribution in [-0.4, -0.2) is 29.1 Å². The maximum absolute atomic E-state index is 12.9. The Morgan fingerprint density at radius 3 is 2.29 bits per heavy atom. The van der Waals surface area contributed by atoms with Crippen LogP contribution in [0.1, 0.15) is 22.7 Å². The summed E-state index contributed by atoms with van der Waals surface area (Å²) in [5.74, 6) is -2.08. The van der Waals surface area contributed by atoms with E-state index >= 15 is 0 Å². The van der Waals surface area contributed by atoms with E-state index < -0.39 is 41.7 Å². The summed E-state index contributed by atoms with van der Waals surface area (Å²) in [5, 5.41) is 12.3. The summed E-state index contributed by atoms with van der Waals surface area (Å²) >= 11 is 0. The molecule has 0 saturated carbocycles. The number of primary amides is 1. The Hall–Kier alpha value is -2.91. The highest BCUT2D eigenvalue weighted by atomic mass is 19.4. The zero-order valence-electron chi connectivity index (χ0n) is 14.7. The minimum atomic E-state index is -4.63. The Morgan fingerprint density at radius 2 is 1.71 bits per heavy atom. The molecule has 0 aliphatic carbocycles. The zero-order valence-corrected chi connectivity index (χ0v) is 14.7. The molecule has 0 aliphatic rings. The number of hydrogen-bond acceptors (Lipinski definition) is 4. The number of rotatable bonds is 7. The van der Waals surface area contributed by atoms with Gasteiger partial charge in [-0.05, 0) is 29.7 Å². The van der Waals surface area contributed by atoms with Crippen molar-refractivity contribution in [3.05, 3.63) is 71.3 Å². The van der Waals surface area contributed by atoms with Crippen molar-refractivity contribution in [2.45, 2.75) is 30.8 Å². The minimum Gasteiger partial charge on any atom is -0.382 e. The van der Waals surface area contributed by atoms with Crippen LogP contribution in [0.2, 0.25) is 0 Å². The highest BCUT2D eigenvalue weighted by molar-refractivity contribution is 5.89. The average molecular weight is 395 g/mol. The molecule has 0 aromatic heterocycles. The number of carbonyl (C=O) groups is 2. The Labute approximate surface area is 159 Å². The van der Waals surface area contributed by atoms with Gasteiger partial charge in [0.2, 0.25) is 5.91 Å². The van der Waals surface area contributed by atoms with Gasteiger partial charge in [-0.25, -0.2) is 0 Å². The largest absolute Gasteiger partial charge is 0.416 e. The second-order valence-corrected chi connectivity index (χ2v) is 6.27. The van der Waals surface area contributed by atoms with Crippen LogP contribution in [0.25, 0.3) is 0 Å². The first kappa shape index (κ1) is 21.4. The summed E-state index contributed by atoms with van der Waals surface area (Å²) in [6.07, 6.45) is -6.13. The molecule has 0 radical (unpaired) electrons. The van der Waals surface area contributed by atoms with Gasteiger partial charge in [0.05, 0.1) is 5.56 Å². The molecule has 2 rings (SSSR count). The number of aliphatic hydroxyl groups excluding tert-OH is 1. The molecule has 0 fully saturated rings. The molecule has 28 heavy (non-hydrogen) atoms.